The van der Waals surface area contributed by atoms with Gasteiger partial charge in [-0.2, -0.15) is 0 Å². The van der Waals surface area contributed by atoms with Crippen LogP contribution in [0.25, 0.3) is 11.1 Å². The van der Waals surface area contributed by atoms with Gasteiger partial charge in [0.15, 0.2) is 5.78 Å². The van der Waals surface area contributed by atoms with Crippen LogP contribution in [-0.4, -0.2) is 11.9 Å². The van der Waals surface area contributed by atoms with Crippen LogP contribution in [0, 0.1) is 5.82 Å². The molecule has 3 rings (SSSR count). The van der Waals surface area contributed by atoms with Crippen molar-refractivity contribution >= 4 is 5.78 Å². The number of halogens is 1. The predicted molar refractivity (Wildman–Crippen MR) is 75.5 cm³/mol. The maximum absolute atomic E-state index is 14.0. The first-order chi connectivity index (χ1) is 9.63. The summed E-state index contributed by atoms with van der Waals surface area (Å²) in [5.41, 5.74) is 1.66. The molecule has 2 aromatic carbocycles. The summed E-state index contributed by atoms with van der Waals surface area (Å²) in [4.78, 5) is 11.4. The molecule has 0 radical (unpaired) electrons. The molecule has 0 bridgehead atoms. The third-order valence-electron chi connectivity index (χ3n) is 3.35. The standard InChI is InChI=1S/C17H15FO2/c1-11(19)12-5-8-17(18)16(10-12)13-3-2-4-15(9-13)20-14-6-7-14/h2-5,8-10,14H,6-7H2,1H3. The van der Waals surface area contributed by atoms with Crippen molar-refractivity contribution in [2.24, 2.45) is 0 Å². The molecule has 1 aliphatic carbocycles. The minimum Gasteiger partial charge on any atom is -0.490 e. The zero-order chi connectivity index (χ0) is 14.1. The van der Waals surface area contributed by atoms with Crippen molar-refractivity contribution in [2.75, 3.05) is 0 Å². The van der Waals surface area contributed by atoms with Crippen molar-refractivity contribution in [1.29, 1.82) is 0 Å². The summed E-state index contributed by atoms with van der Waals surface area (Å²) in [6, 6.07) is 11.8. The second kappa shape index (κ2) is 5.08. The molecular formula is C17H15FO2. The normalized spacial score (nSPS) is 14.1. The van der Waals surface area contributed by atoms with Crippen molar-refractivity contribution in [3.63, 3.8) is 0 Å². The molecule has 1 saturated carbocycles. The fourth-order valence-corrected chi connectivity index (χ4v) is 2.08. The highest BCUT2D eigenvalue weighted by Gasteiger charge is 2.23. The number of carbonyl (C=O) groups excluding carboxylic acids is 1. The van der Waals surface area contributed by atoms with Crippen LogP contribution in [0.15, 0.2) is 42.5 Å². The van der Waals surface area contributed by atoms with Gasteiger partial charge >= 0.3 is 0 Å². The van der Waals surface area contributed by atoms with Gasteiger partial charge in [-0.3, -0.25) is 4.79 Å². The van der Waals surface area contributed by atoms with Gasteiger partial charge in [-0.1, -0.05) is 12.1 Å². The van der Waals surface area contributed by atoms with Gasteiger partial charge in [0, 0.05) is 11.1 Å². The Hall–Kier alpha value is -2.16. The highest BCUT2D eigenvalue weighted by Crippen LogP contribution is 2.31. The summed E-state index contributed by atoms with van der Waals surface area (Å²) in [5, 5.41) is 0. The second-order valence-corrected chi connectivity index (χ2v) is 5.10. The molecule has 1 fully saturated rings. The highest BCUT2D eigenvalue weighted by atomic mass is 19.1. The average molecular weight is 270 g/mol. The van der Waals surface area contributed by atoms with E-state index in [2.05, 4.69) is 0 Å². The summed E-state index contributed by atoms with van der Waals surface area (Å²) in [6.45, 7) is 1.48. The minimum atomic E-state index is -0.335. The van der Waals surface area contributed by atoms with E-state index < -0.39 is 0 Å². The van der Waals surface area contributed by atoms with E-state index in [0.717, 1.165) is 24.2 Å². The fourth-order valence-electron chi connectivity index (χ4n) is 2.08. The lowest BCUT2D eigenvalue weighted by Crippen LogP contribution is -1.97. The molecule has 0 N–H and O–H groups in total. The van der Waals surface area contributed by atoms with Gasteiger partial charge in [-0.15, -0.1) is 0 Å². The van der Waals surface area contributed by atoms with E-state index in [1.165, 1.54) is 19.1 Å². The molecule has 3 heteroatoms. The summed E-state index contributed by atoms with van der Waals surface area (Å²) in [6.07, 6.45) is 2.47. The highest BCUT2D eigenvalue weighted by molar-refractivity contribution is 5.95. The van der Waals surface area contributed by atoms with E-state index in [0.29, 0.717) is 17.2 Å². The Morgan fingerprint density at radius 1 is 1.20 bits per heavy atom. The third kappa shape index (κ3) is 2.72. The van der Waals surface area contributed by atoms with Crippen LogP contribution in [0.1, 0.15) is 30.1 Å². The van der Waals surface area contributed by atoms with Crippen LogP contribution in [0.3, 0.4) is 0 Å². The summed E-state index contributed by atoms with van der Waals surface area (Å²) in [5.74, 6) is 0.341. The molecule has 0 saturated heterocycles. The molecule has 0 aliphatic heterocycles. The Labute approximate surface area is 117 Å². The molecule has 1 aliphatic rings. The number of ether oxygens (including phenoxy) is 1. The fraction of sp³-hybridized carbons (Fsp3) is 0.235. The second-order valence-electron chi connectivity index (χ2n) is 5.10. The first-order valence-electron chi connectivity index (χ1n) is 6.71. The van der Waals surface area contributed by atoms with Crippen LogP contribution < -0.4 is 4.74 Å². The maximum atomic E-state index is 14.0. The first-order valence-corrected chi connectivity index (χ1v) is 6.71. The van der Waals surface area contributed by atoms with E-state index in [1.54, 1.807) is 6.07 Å². The van der Waals surface area contributed by atoms with Crippen molar-refractivity contribution in [3.8, 4) is 16.9 Å². The van der Waals surface area contributed by atoms with E-state index in [1.807, 2.05) is 24.3 Å². The summed E-state index contributed by atoms with van der Waals surface area (Å²) in [7, 11) is 0. The Kier molecular flexibility index (Phi) is 3.26. The van der Waals surface area contributed by atoms with Gasteiger partial charge < -0.3 is 4.74 Å². The number of Topliss-reactive ketones (excluding diaryl/α,β-unsaturated/α-hetero) is 1. The lowest BCUT2D eigenvalue weighted by molar-refractivity contribution is 0.101. The van der Waals surface area contributed by atoms with Crippen LogP contribution >= 0.6 is 0 Å². The minimum absolute atomic E-state index is 0.0726. The lowest BCUT2D eigenvalue weighted by Gasteiger charge is -2.09. The largest absolute Gasteiger partial charge is 0.490 e. The quantitative estimate of drug-likeness (QED) is 0.777. The van der Waals surface area contributed by atoms with E-state index in [4.69, 9.17) is 4.74 Å². The molecule has 2 aromatic rings. The monoisotopic (exact) mass is 270 g/mol. The number of hydrogen-bond acceptors (Lipinski definition) is 2. The Morgan fingerprint density at radius 2 is 2.00 bits per heavy atom. The zero-order valence-electron chi connectivity index (χ0n) is 11.2. The van der Waals surface area contributed by atoms with Crippen LogP contribution in [-0.2, 0) is 0 Å². The van der Waals surface area contributed by atoms with E-state index in [9.17, 15) is 9.18 Å². The number of carbonyl (C=O) groups is 1. The molecular weight excluding hydrogens is 255 g/mol. The molecule has 102 valence electrons. The van der Waals surface area contributed by atoms with Gasteiger partial charge in [0.25, 0.3) is 0 Å². The SMILES string of the molecule is CC(=O)c1ccc(F)c(-c2cccc(OC3CC3)c2)c1. The molecule has 0 unspecified atom stereocenters. The number of ketones is 1. The topological polar surface area (TPSA) is 26.3 Å². The van der Waals surface area contributed by atoms with Crippen LogP contribution in [0.4, 0.5) is 4.39 Å². The van der Waals surface area contributed by atoms with Gasteiger partial charge in [-0.25, -0.2) is 4.39 Å². The first kappa shape index (κ1) is 12.9. The molecule has 2 nitrogen and oxygen atoms in total. The molecule has 0 heterocycles. The van der Waals surface area contributed by atoms with Gasteiger partial charge in [0.2, 0.25) is 0 Å². The van der Waals surface area contributed by atoms with Crippen molar-refractivity contribution in [2.45, 2.75) is 25.9 Å². The smallest absolute Gasteiger partial charge is 0.159 e. The number of hydrogen-bond donors (Lipinski definition) is 0. The van der Waals surface area contributed by atoms with Gasteiger partial charge in [0.1, 0.15) is 11.6 Å². The predicted octanol–water partition coefficient (Wildman–Crippen LogP) is 4.24. The Balaban J connectivity index is 1.98. The molecule has 0 amide bonds. The van der Waals surface area contributed by atoms with Crippen molar-refractivity contribution < 1.29 is 13.9 Å². The van der Waals surface area contributed by atoms with Crippen LogP contribution in [0.5, 0.6) is 5.75 Å². The van der Waals surface area contributed by atoms with Gasteiger partial charge in [0.05, 0.1) is 6.10 Å². The Bertz CT molecular complexity index is 660. The van der Waals surface area contributed by atoms with E-state index in [-0.39, 0.29) is 11.6 Å². The Morgan fingerprint density at radius 3 is 2.70 bits per heavy atom. The molecule has 0 aromatic heterocycles. The molecule has 0 atom stereocenters. The molecule has 20 heavy (non-hydrogen) atoms. The van der Waals surface area contributed by atoms with Crippen molar-refractivity contribution in [1.82, 2.24) is 0 Å². The lowest BCUT2D eigenvalue weighted by atomic mass is 10.0. The third-order valence-corrected chi connectivity index (χ3v) is 3.35. The zero-order valence-corrected chi connectivity index (χ0v) is 11.2. The number of benzene rings is 2. The van der Waals surface area contributed by atoms with Crippen LogP contribution in [0.2, 0.25) is 0 Å². The summed E-state index contributed by atoms with van der Waals surface area (Å²) < 4.78 is 19.7. The maximum Gasteiger partial charge on any atom is 0.159 e. The number of rotatable bonds is 4. The molecule has 0 spiro atoms. The van der Waals surface area contributed by atoms with Gasteiger partial charge in [-0.05, 0) is 55.7 Å². The van der Waals surface area contributed by atoms with Crippen molar-refractivity contribution in [3.05, 3.63) is 53.8 Å². The summed E-state index contributed by atoms with van der Waals surface area (Å²) >= 11 is 0. The van der Waals surface area contributed by atoms with E-state index >= 15 is 0 Å². The average Bonchev–Trinajstić information content (AvgIpc) is 3.23.